The first-order valence-corrected chi connectivity index (χ1v) is 5.49. The van der Waals surface area contributed by atoms with Crippen molar-refractivity contribution < 1.29 is 22.7 Å². The van der Waals surface area contributed by atoms with Gasteiger partial charge in [-0.05, 0) is 19.4 Å². The van der Waals surface area contributed by atoms with Gasteiger partial charge in [-0.25, -0.2) is 0 Å². The summed E-state index contributed by atoms with van der Waals surface area (Å²) in [6, 6.07) is 0. The van der Waals surface area contributed by atoms with Crippen molar-refractivity contribution in [1.29, 1.82) is 0 Å². The highest BCUT2D eigenvalue weighted by Crippen LogP contribution is 2.20. The van der Waals surface area contributed by atoms with Crippen molar-refractivity contribution in [1.82, 2.24) is 10.6 Å². The van der Waals surface area contributed by atoms with E-state index in [-0.39, 0.29) is 25.4 Å². The molecular weight excluding hydrogens is 237 g/mol. The van der Waals surface area contributed by atoms with Gasteiger partial charge in [-0.1, -0.05) is 0 Å². The molecule has 0 heterocycles. The van der Waals surface area contributed by atoms with E-state index >= 15 is 0 Å². The molecular formula is C10H19F3N2O2. The Hall–Kier alpha value is -0.820. The van der Waals surface area contributed by atoms with E-state index in [1.165, 1.54) is 0 Å². The van der Waals surface area contributed by atoms with Crippen LogP contribution in [0.25, 0.3) is 0 Å². The summed E-state index contributed by atoms with van der Waals surface area (Å²) >= 11 is 0. The van der Waals surface area contributed by atoms with Crippen LogP contribution in [-0.4, -0.2) is 45.4 Å². The van der Waals surface area contributed by atoms with Gasteiger partial charge in [0.2, 0.25) is 5.91 Å². The zero-order valence-electron chi connectivity index (χ0n) is 9.90. The Bertz CT molecular complexity index is 210. The summed E-state index contributed by atoms with van der Waals surface area (Å²) in [5, 5.41) is 5.28. The monoisotopic (exact) mass is 256 g/mol. The number of amides is 1. The number of methoxy groups -OCH3 is 1. The molecule has 0 aromatic heterocycles. The van der Waals surface area contributed by atoms with Crippen LogP contribution in [0.4, 0.5) is 13.2 Å². The van der Waals surface area contributed by atoms with Crippen LogP contribution >= 0.6 is 0 Å². The van der Waals surface area contributed by atoms with Crippen LogP contribution in [0.2, 0.25) is 0 Å². The van der Waals surface area contributed by atoms with Crippen molar-refractivity contribution in [3.05, 3.63) is 0 Å². The summed E-state index contributed by atoms with van der Waals surface area (Å²) in [7, 11) is 1.57. The maximum Gasteiger partial charge on any atom is 0.389 e. The Kier molecular flexibility index (Phi) is 8.79. The largest absolute Gasteiger partial charge is 0.389 e. The van der Waals surface area contributed by atoms with Gasteiger partial charge in [-0.3, -0.25) is 4.79 Å². The van der Waals surface area contributed by atoms with Gasteiger partial charge in [0, 0.05) is 26.7 Å². The van der Waals surface area contributed by atoms with E-state index < -0.39 is 12.6 Å². The molecule has 0 aliphatic heterocycles. The van der Waals surface area contributed by atoms with E-state index in [2.05, 4.69) is 10.6 Å². The molecule has 0 rings (SSSR count). The molecule has 1 amide bonds. The number of rotatable bonds is 9. The number of hydrogen-bond acceptors (Lipinski definition) is 3. The minimum atomic E-state index is -4.12. The van der Waals surface area contributed by atoms with Gasteiger partial charge in [-0.15, -0.1) is 0 Å². The van der Waals surface area contributed by atoms with Crippen molar-refractivity contribution in [2.45, 2.75) is 25.4 Å². The molecule has 0 fully saturated rings. The van der Waals surface area contributed by atoms with Gasteiger partial charge < -0.3 is 15.4 Å². The summed E-state index contributed by atoms with van der Waals surface area (Å²) in [5.74, 6) is -0.215. The third kappa shape index (κ3) is 13.1. The first-order chi connectivity index (χ1) is 7.95. The molecule has 4 nitrogen and oxygen atoms in total. The highest BCUT2D eigenvalue weighted by Gasteiger charge is 2.25. The van der Waals surface area contributed by atoms with Crippen LogP contribution in [-0.2, 0) is 9.53 Å². The fraction of sp³-hybridized carbons (Fsp3) is 0.900. The van der Waals surface area contributed by atoms with E-state index in [4.69, 9.17) is 4.74 Å². The molecule has 0 saturated carbocycles. The number of halogens is 3. The lowest BCUT2D eigenvalue weighted by molar-refractivity contribution is -0.135. The van der Waals surface area contributed by atoms with Gasteiger partial charge in [0.15, 0.2) is 0 Å². The van der Waals surface area contributed by atoms with Crippen molar-refractivity contribution in [3.63, 3.8) is 0 Å². The maximum absolute atomic E-state index is 11.8. The van der Waals surface area contributed by atoms with Crippen molar-refractivity contribution in [2.75, 3.05) is 33.4 Å². The van der Waals surface area contributed by atoms with Crippen LogP contribution in [0.3, 0.4) is 0 Å². The van der Waals surface area contributed by atoms with Gasteiger partial charge in [0.25, 0.3) is 0 Å². The summed E-state index contributed by atoms with van der Waals surface area (Å²) in [6.07, 6.45) is -4.24. The Morgan fingerprint density at radius 1 is 1.24 bits per heavy atom. The smallest absolute Gasteiger partial charge is 0.385 e. The Morgan fingerprint density at radius 3 is 2.53 bits per heavy atom. The predicted octanol–water partition coefficient (Wildman–Crippen LogP) is 1.07. The number of carbonyl (C=O) groups is 1. The molecule has 0 aliphatic rings. The van der Waals surface area contributed by atoms with Crippen molar-refractivity contribution in [2.24, 2.45) is 0 Å². The minimum absolute atomic E-state index is 0.0134. The summed E-state index contributed by atoms with van der Waals surface area (Å²) in [6.45, 7) is 1.31. The highest BCUT2D eigenvalue weighted by atomic mass is 19.4. The van der Waals surface area contributed by atoms with Gasteiger partial charge in [0.1, 0.15) is 0 Å². The fourth-order valence-electron chi connectivity index (χ4n) is 1.12. The second-order valence-electron chi connectivity index (χ2n) is 3.59. The molecule has 17 heavy (non-hydrogen) atoms. The fourth-order valence-corrected chi connectivity index (χ4v) is 1.12. The standard InChI is InChI=1S/C10H19F3N2O2/c1-17-7-3-6-15-9(16)8-14-5-2-4-10(11,12)13/h14H,2-8H2,1H3,(H,15,16). The predicted molar refractivity (Wildman–Crippen MR) is 57.7 cm³/mol. The second-order valence-corrected chi connectivity index (χ2v) is 3.59. The van der Waals surface area contributed by atoms with E-state index in [1.54, 1.807) is 7.11 Å². The Labute approximate surface area is 98.9 Å². The normalized spacial score (nSPS) is 11.5. The molecule has 2 N–H and O–H groups in total. The van der Waals surface area contributed by atoms with E-state index in [0.717, 1.165) is 6.42 Å². The van der Waals surface area contributed by atoms with Crippen LogP contribution < -0.4 is 10.6 Å². The zero-order chi connectivity index (χ0) is 13.1. The third-order valence-electron chi connectivity index (χ3n) is 1.95. The quantitative estimate of drug-likeness (QED) is 0.607. The summed E-state index contributed by atoms with van der Waals surface area (Å²) < 4.78 is 40.1. The average molecular weight is 256 g/mol. The topological polar surface area (TPSA) is 50.4 Å². The minimum Gasteiger partial charge on any atom is -0.385 e. The van der Waals surface area contributed by atoms with Crippen LogP contribution in [0.1, 0.15) is 19.3 Å². The Morgan fingerprint density at radius 2 is 1.94 bits per heavy atom. The first kappa shape index (κ1) is 16.2. The molecule has 0 radical (unpaired) electrons. The number of nitrogens with one attached hydrogen (secondary N) is 2. The lowest BCUT2D eigenvalue weighted by Crippen LogP contribution is -2.35. The van der Waals surface area contributed by atoms with E-state index in [9.17, 15) is 18.0 Å². The molecule has 0 unspecified atom stereocenters. The van der Waals surface area contributed by atoms with E-state index in [0.29, 0.717) is 13.2 Å². The van der Waals surface area contributed by atoms with Crippen molar-refractivity contribution >= 4 is 5.91 Å². The SMILES string of the molecule is COCCCNC(=O)CNCCCC(F)(F)F. The molecule has 0 aromatic carbocycles. The maximum atomic E-state index is 11.8. The third-order valence-corrected chi connectivity index (χ3v) is 1.95. The summed E-state index contributed by atoms with van der Waals surface area (Å²) in [5.41, 5.74) is 0. The Balaban J connectivity index is 3.28. The van der Waals surface area contributed by atoms with Gasteiger partial charge >= 0.3 is 6.18 Å². The lowest BCUT2D eigenvalue weighted by Gasteiger charge is -2.08. The molecule has 0 spiro atoms. The lowest BCUT2D eigenvalue weighted by atomic mass is 10.3. The molecule has 7 heteroatoms. The van der Waals surface area contributed by atoms with Crippen molar-refractivity contribution in [3.8, 4) is 0 Å². The number of alkyl halides is 3. The number of carbonyl (C=O) groups excluding carboxylic acids is 1. The van der Waals surface area contributed by atoms with Crippen LogP contribution in [0.5, 0.6) is 0 Å². The molecule has 0 atom stereocenters. The van der Waals surface area contributed by atoms with Crippen LogP contribution in [0, 0.1) is 0 Å². The highest BCUT2D eigenvalue weighted by molar-refractivity contribution is 5.77. The first-order valence-electron chi connectivity index (χ1n) is 5.49. The summed E-state index contributed by atoms with van der Waals surface area (Å²) in [4.78, 5) is 11.1. The van der Waals surface area contributed by atoms with Gasteiger partial charge in [-0.2, -0.15) is 13.2 Å². The average Bonchev–Trinajstić information content (AvgIpc) is 2.22. The van der Waals surface area contributed by atoms with E-state index in [1.807, 2.05) is 0 Å². The molecule has 102 valence electrons. The number of ether oxygens (including phenoxy) is 1. The molecule has 0 aliphatic carbocycles. The molecule has 0 aromatic rings. The van der Waals surface area contributed by atoms with Gasteiger partial charge in [0.05, 0.1) is 6.54 Å². The molecule has 0 saturated heterocycles. The number of hydrogen-bond donors (Lipinski definition) is 2. The zero-order valence-corrected chi connectivity index (χ0v) is 9.90. The van der Waals surface area contributed by atoms with Crippen LogP contribution in [0.15, 0.2) is 0 Å². The second kappa shape index (κ2) is 9.23. The molecule has 0 bridgehead atoms.